The number of sulfonamides is 1. The van der Waals surface area contributed by atoms with Crippen LogP contribution in [0.4, 0.5) is 0 Å². The third-order valence-corrected chi connectivity index (χ3v) is 6.49. The third-order valence-electron chi connectivity index (χ3n) is 4.57. The first-order valence-electron chi connectivity index (χ1n) is 8.64. The van der Waals surface area contributed by atoms with E-state index < -0.39 is 16.1 Å². The van der Waals surface area contributed by atoms with E-state index >= 15 is 0 Å². The number of nitrogens with two attached hydrogens (primary N) is 1. The van der Waals surface area contributed by atoms with Crippen molar-refractivity contribution in [3.05, 3.63) is 66.2 Å². The van der Waals surface area contributed by atoms with Gasteiger partial charge in [0, 0.05) is 26.2 Å². The lowest BCUT2D eigenvalue weighted by Gasteiger charge is -2.24. The summed E-state index contributed by atoms with van der Waals surface area (Å²) in [6, 6.07) is 16.9. The van der Waals surface area contributed by atoms with Crippen LogP contribution >= 0.6 is 0 Å². The van der Waals surface area contributed by atoms with Crippen LogP contribution in [0, 0.1) is 0 Å². The van der Waals surface area contributed by atoms with E-state index in [4.69, 9.17) is 5.73 Å². The summed E-state index contributed by atoms with van der Waals surface area (Å²) in [6.45, 7) is 1.50. The molecular weight excluding hydrogens is 350 g/mol. The largest absolute Gasteiger partial charge is 0.340 e. The van der Waals surface area contributed by atoms with Crippen LogP contribution in [0.2, 0.25) is 0 Å². The Kier molecular flexibility index (Phi) is 5.70. The summed E-state index contributed by atoms with van der Waals surface area (Å²) in [6.07, 6.45) is 0.583. The second kappa shape index (κ2) is 7.99. The second-order valence-corrected chi connectivity index (χ2v) is 8.22. The smallest absolute Gasteiger partial charge is 0.244 e. The molecule has 2 aromatic carbocycles. The van der Waals surface area contributed by atoms with Gasteiger partial charge in [-0.2, -0.15) is 4.31 Å². The average molecular weight is 373 g/mol. The van der Waals surface area contributed by atoms with E-state index in [9.17, 15) is 13.2 Å². The van der Waals surface area contributed by atoms with Gasteiger partial charge in [0.2, 0.25) is 15.9 Å². The van der Waals surface area contributed by atoms with E-state index in [2.05, 4.69) is 0 Å². The lowest BCUT2D eigenvalue weighted by molar-refractivity contribution is -0.132. The molecule has 1 heterocycles. The molecule has 1 amide bonds. The normalized spacial score (nSPS) is 17.5. The van der Waals surface area contributed by atoms with Crippen LogP contribution in [0.25, 0.3) is 0 Å². The zero-order chi connectivity index (χ0) is 18.6. The Morgan fingerprint density at radius 2 is 1.50 bits per heavy atom. The van der Waals surface area contributed by atoms with Gasteiger partial charge < -0.3 is 10.6 Å². The predicted octanol–water partition coefficient (Wildman–Crippen LogP) is 1.61. The minimum absolute atomic E-state index is 0.171. The summed E-state index contributed by atoms with van der Waals surface area (Å²) in [5.74, 6) is -0.171. The van der Waals surface area contributed by atoms with Crippen molar-refractivity contribution in [1.29, 1.82) is 0 Å². The summed E-state index contributed by atoms with van der Waals surface area (Å²) in [7, 11) is -3.54. The van der Waals surface area contributed by atoms with Gasteiger partial charge in [0.1, 0.15) is 6.04 Å². The zero-order valence-corrected chi connectivity index (χ0v) is 15.3. The molecule has 2 aromatic rings. The molecule has 0 aromatic heterocycles. The topological polar surface area (TPSA) is 83.7 Å². The number of nitrogens with zero attached hydrogens (tertiary/aromatic N) is 2. The van der Waals surface area contributed by atoms with Crippen LogP contribution < -0.4 is 5.73 Å². The summed E-state index contributed by atoms with van der Waals surface area (Å²) >= 11 is 0. The fraction of sp³-hybridized carbons (Fsp3) is 0.316. The summed E-state index contributed by atoms with van der Waals surface area (Å²) in [5, 5.41) is 0. The molecule has 0 spiro atoms. The number of hydrogen-bond donors (Lipinski definition) is 1. The number of hydrogen-bond acceptors (Lipinski definition) is 4. The molecule has 1 aliphatic heterocycles. The monoisotopic (exact) mass is 373 g/mol. The minimum Gasteiger partial charge on any atom is -0.340 e. The first-order chi connectivity index (χ1) is 12.5. The molecule has 1 aliphatic rings. The Bertz CT molecular complexity index is 841. The molecule has 138 valence electrons. The van der Waals surface area contributed by atoms with Crippen molar-refractivity contribution in [2.24, 2.45) is 5.73 Å². The van der Waals surface area contributed by atoms with Gasteiger partial charge in [-0.15, -0.1) is 0 Å². The highest BCUT2D eigenvalue weighted by molar-refractivity contribution is 7.89. The van der Waals surface area contributed by atoms with Crippen LogP contribution in [-0.4, -0.2) is 49.7 Å². The highest BCUT2D eigenvalue weighted by atomic mass is 32.2. The quantitative estimate of drug-likeness (QED) is 0.882. The van der Waals surface area contributed by atoms with Crippen LogP contribution in [0.3, 0.4) is 0 Å². The van der Waals surface area contributed by atoms with Crippen molar-refractivity contribution < 1.29 is 13.2 Å². The van der Waals surface area contributed by atoms with E-state index in [1.165, 1.54) is 4.31 Å². The maximum absolute atomic E-state index is 12.8. The maximum atomic E-state index is 12.8. The maximum Gasteiger partial charge on any atom is 0.244 e. The molecule has 1 atom stereocenters. The van der Waals surface area contributed by atoms with Gasteiger partial charge in [0.05, 0.1) is 4.90 Å². The highest BCUT2D eigenvalue weighted by Crippen LogP contribution is 2.19. The molecule has 0 radical (unpaired) electrons. The van der Waals surface area contributed by atoms with E-state index in [1.54, 1.807) is 35.2 Å². The first kappa shape index (κ1) is 18.6. The van der Waals surface area contributed by atoms with E-state index in [-0.39, 0.29) is 17.3 Å². The molecule has 2 N–H and O–H groups in total. The van der Waals surface area contributed by atoms with Crippen molar-refractivity contribution in [3.8, 4) is 0 Å². The summed E-state index contributed by atoms with van der Waals surface area (Å²) in [4.78, 5) is 14.7. The Morgan fingerprint density at radius 3 is 2.15 bits per heavy atom. The minimum atomic E-state index is -3.54. The van der Waals surface area contributed by atoms with E-state index in [0.29, 0.717) is 26.1 Å². The van der Waals surface area contributed by atoms with Gasteiger partial charge in [-0.1, -0.05) is 48.5 Å². The van der Waals surface area contributed by atoms with Crippen molar-refractivity contribution in [3.63, 3.8) is 0 Å². The third kappa shape index (κ3) is 3.95. The van der Waals surface area contributed by atoms with Crippen molar-refractivity contribution >= 4 is 15.9 Å². The fourth-order valence-corrected chi connectivity index (χ4v) is 4.59. The molecule has 0 saturated carbocycles. The fourth-order valence-electron chi connectivity index (χ4n) is 3.10. The lowest BCUT2D eigenvalue weighted by atomic mass is 10.1. The zero-order valence-electron chi connectivity index (χ0n) is 14.5. The number of rotatable bonds is 4. The Hall–Kier alpha value is -2.22. The molecular formula is C19H23N3O3S. The Balaban J connectivity index is 1.69. The van der Waals surface area contributed by atoms with Gasteiger partial charge >= 0.3 is 0 Å². The van der Waals surface area contributed by atoms with Crippen molar-refractivity contribution in [2.75, 3.05) is 26.2 Å². The molecule has 1 fully saturated rings. The highest BCUT2D eigenvalue weighted by Gasteiger charge is 2.29. The van der Waals surface area contributed by atoms with Gasteiger partial charge in [0.25, 0.3) is 0 Å². The molecule has 7 heteroatoms. The Labute approximate surface area is 154 Å². The molecule has 0 aliphatic carbocycles. The lowest BCUT2D eigenvalue weighted by Crippen LogP contribution is -2.41. The average Bonchev–Trinajstić information content (AvgIpc) is 2.95. The summed E-state index contributed by atoms with van der Waals surface area (Å²) < 4.78 is 27.0. The molecule has 1 unspecified atom stereocenters. The van der Waals surface area contributed by atoms with Gasteiger partial charge in [-0.3, -0.25) is 4.79 Å². The van der Waals surface area contributed by atoms with Gasteiger partial charge in [-0.25, -0.2) is 8.42 Å². The molecule has 3 rings (SSSR count). The number of amides is 1. The molecule has 0 bridgehead atoms. The van der Waals surface area contributed by atoms with Crippen LogP contribution in [0.15, 0.2) is 65.6 Å². The first-order valence-corrected chi connectivity index (χ1v) is 10.1. The molecule has 6 nitrogen and oxygen atoms in total. The van der Waals surface area contributed by atoms with Crippen molar-refractivity contribution in [1.82, 2.24) is 9.21 Å². The van der Waals surface area contributed by atoms with Gasteiger partial charge in [0.15, 0.2) is 0 Å². The predicted molar refractivity (Wildman–Crippen MR) is 99.8 cm³/mol. The molecule has 1 saturated heterocycles. The van der Waals surface area contributed by atoms with Crippen LogP contribution in [-0.2, 0) is 14.8 Å². The molecule has 26 heavy (non-hydrogen) atoms. The summed E-state index contributed by atoms with van der Waals surface area (Å²) in [5.41, 5.74) is 6.87. The van der Waals surface area contributed by atoms with E-state index in [1.807, 2.05) is 30.3 Å². The van der Waals surface area contributed by atoms with Crippen LogP contribution in [0.5, 0.6) is 0 Å². The second-order valence-electron chi connectivity index (χ2n) is 6.28. The number of carbonyl (C=O) groups is 1. The Morgan fingerprint density at radius 1 is 0.885 bits per heavy atom. The van der Waals surface area contributed by atoms with Crippen molar-refractivity contribution in [2.45, 2.75) is 17.4 Å². The van der Waals surface area contributed by atoms with Gasteiger partial charge in [-0.05, 0) is 24.1 Å². The standard InChI is InChI=1S/C19H23N3O3S/c20-18(16-8-3-1-4-9-16)19(23)21-12-7-13-22(15-14-21)26(24,25)17-10-5-2-6-11-17/h1-6,8-11,18H,7,12-15,20H2. The number of benzene rings is 2. The van der Waals surface area contributed by atoms with E-state index in [0.717, 1.165) is 5.56 Å². The SMILES string of the molecule is NC(C(=O)N1CCCN(S(=O)(=O)c2ccccc2)CC1)c1ccccc1. The number of carbonyl (C=O) groups excluding carboxylic acids is 1. The van der Waals surface area contributed by atoms with Crippen LogP contribution in [0.1, 0.15) is 18.0 Å².